The van der Waals surface area contributed by atoms with Crippen molar-refractivity contribution >= 4 is 0 Å². The van der Waals surface area contributed by atoms with E-state index < -0.39 is 0 Å². The van der Waals surface area contributed by atoms with Gasteiger partial charge in [0.25, 0.3) is 0 Å². The number of hydrogen-bond acceptors (Lipinski definition) is 0. The summed E-state index contributed by atoms with van der Waals surface area (Å²) in [6.07, 6.45) is 12.8. The lowest BCUT2D eigenvalue weighted by atomic mass is 9.63. The standard InChI is InChI=1S/C19H34.C6H9F/c1-15-9-8-14-19(5)16(11-12-17(15)19)10-6-7-13-18(2,3)4;1-3-4-6(2)5-7/h16-17H,1,6-14H2,2-5H3;6H,5H2,1-2H3. The number of fused-ring (bicyclic) bond motifs is 1. The van der Waals surface area contributed by atoms with E-state index in [1.807, 2.05) is 0 Å². The minimum Gasteiger partial charge on any atom is -0.250 e. The first-order valence-electron chi connectivity index (χ1n) is 10.8. The fourth-order valence-corrected chi connectivity index (χ4v) is 5.04. The average Bonchev–Trinajstić information content (AvgIpc) is 2.89. The molecule has 0 aromatic heterocycles. The lowest BCUT2D eigenvalue weighted by Crippen LogP contribution is -2.32. The molecule has 0 amide bonds. The van der Waals surface area contributed by atoms with Crippen molar-refractivity contribution < 1.29 is 4.39 Å². The van der Waals surface area contributed by atoms with E-state index in [4.69, 9.17) is 0 Å². The second-order valence-electron chi connectivity index (χ2n) is 10.1. The molecule has 0 heterocycles. The van der Waals surface area contributed by atoms with Crippen molar-refractivity contribution in [2.45, 2.75) is 99.3 Å². The van der Waals surface area contributed by atoms with E-state index in [9.17, 15) is 4.39 Å². The highest BCUT2D eigenvalue weighted by molar-refractivity contribution is 5.14. The molecular formula is C25H43F. The van der Waals surface area contributed by atoms with Gasteiger partial charge in [0, 0.05) is 5.92 Å². The third-order valence-electron chi connectivity index (χ3n) is 6.59. The molecule has 2 aliphatic carbocycles. The minimum atomic E-state index is -0.332. The second-order valence-corrected chi connectivity index (χ2v) is 10.1. The summed E-state index contributed by atoms with van der Waals surface area (Å²) < 4.78 is 11.5. The SMILES string of the molecule is C=C1CCCC2(C)C(CCCCC(C)(C)C)CCC12.CC#CC(C)CF. The zero-order valence-corrected chi connectivity index (χ0v) is 18.4. The molecule has 4 unspecified atom stereocenters. The molecule has 0 radical (unpaired) electrons. The van der Waals surface area contributed by atoms with Gasteiger partial charge < -0.3 is 0 Å². The molecule has 0 nitrogen and oxygen atoms in total. The van der Waals surface area contributed by atoms with E-state index in [1.54, 1.807) is 19.4 Å². The quantitative estimate of drug-likeness (QED) is 0.264. The number of hydrogen-bond donors (Lipinski definition) is 0. The largest absolute Gasteiger partial charge is 0.250 e. The minimum absolute atomic E-state index is 0.0787. The first-order valence-corrected chi connectivity index (χ1v) is 10.8. The van der Waals surface area contributed by atoms with Crippen LogP contribution < -0.4 is 0 Å². The van der Waals surface area contributed by atoms with Crippen molar-refractivity contribution in [3.8, 4) is 11.8 Å². The fraction of sp³-hybridized carbons (Fsp3) is 0.840. The summed E-state index contributed by atoms with van der Waals surface area (Å²) in [6, 6.07) is 0. The molecule has 2 fully saturated rings. The number of alkyl halides is 1. The summed E-state index contributed by atoms with van der Waals surface area (Å²) in [5, 5.41) is 0. The van der Waals surface area contributed by atoms with Crippen LogP contribution in [0.3, 0.4) is 0 Å². The van der Waals surface area contributed by atoms with Gasteiger partial charge in [-0.3, -0.25) is 0 Å². The van der Waals surface area contributed by atoms with Crippen LogP contribution in [0.4, 0.5) is 4.39 Å². The third kappa shape index (κ3) is 7.09. The van der Waals surface area contributed by atoms with Gasteiger partial charge in [-0.05, 0) is 81.5 Å². The Hall–Kier alpha value is -0.770. The smallest absolute Gasteiger partial charge is 0.103 e. The molecule has 4 atom stereocenters. The van der Waals surface area contributed by atoms with Crippen LogP contribution in [-0.4, -0.2) is 6.67 Å². The summed E-state index contributed by atoms with van der Waals surface area (Å²) in [5.74, 6) is 7.06. The number of rotatable bonds is 5. The summed E-state index contributed by atoms with van der Waals surface area (Å²) >= 11 is 0. The van der Waals surface area contributed by atoms with Crippen LogP contribution in [0.25, 0.3) is 0 Å². The Bertz CT molecular complexity index is 487. The molecule has 0 bridgehead atoms. The first-order chi connectivity index (χ1) is 12.1. The highest BCUT2D eigenvalue weighted by Crippen LogP contribution is 2.58. The van der Waals surface area contributed by atoms with Crippen LogP contribution in [0.15, 0.2) is 12.2 Å². The molecule has 0 aromatic rings. The summed E-state index contributed by atoms with van der Waals surface area (Å²) in [5.41, 5.74) is 2.70. The van der Waals surface area contributed by atoms with Gasteiger partial charge in [-0.25, -0.2) is 4.39 Å². The average molecular weight is 363 g/mol. The van der Waals surface area contributed by atoms with E-state index >= 15 is 0 Å². The molecule has 2 rings (SSSR count). The van der Waals surface area contributed by atoms with Crippen LogP contribution in [0.2, 0.25) is 0 Å². The van der Waals surface area contributed by atoms with Gasteiger partial charge in [-0.15, -0.1) is 5.92 Å². The van der Waals surface area contributed by atoms with Crippen LogP contribution in [0, 0.1) is 40.4 Å². The van der Waals surface area contributed by atoms with Crippen molar-refractivity contribution in [2.24, 2.45) is 28.6 Å². The van der Waals surface area contributed by atoms with Crippen molar-refractivity contribution in [3.63, 3.8) is 0 Å². The molecule has 26 heavy (non-hydrogen) atoms. The van der Waals surface area contributed by atoms with Crippen molar-refractivity contribution in [1.82, 2.24) is 0 Å². The molecule has 2 aliphatic rings. The number of allylic oxidation sites excluding steroid dienone is 1. The Morgan fingerprint density at radius 3 is 2.50 bits per heavy atom. The molecule has 1 heteroatoms. The molecule has 0 aliphatic heterocycles. The Labute approximate surface area is 163 Å². The van der Waals surface area contributed by atoms with E-state index in [1.165, 1.54) is 57.8 Å². The summed E-state index contributed by atoms with van der Waals surface area (Å²) in [7, 11) is 0. The van der Waals surface area contributed by atoms with Crippen LogP contribution in [0.1, 0.15) is 99.3 Å². The highest BCUT2D eigenvalue weighted by Gasteiger charge is 2.48. The third-order valence-corrected chi connectivity index (χ3v) is 6.59. The van der Waals surface area contributed by atoms with E-state index in [0.29, 0.717) is 10.8 Å². The number of halogens is 1. The fourth-order valence-electron chi connectivity index (χ4n) is 5.04. The number of unbranched alkanes of at least 4 members (excludes halogenated alkanes) is 1. The van der Waals surface area contributed by atoms with Gasteiger partial charge in [-0.1, -0.05) is 58.6 Å². The molecule has 0 N–H and O–H groups in total. The molecule has 0 saturated heterocycles. The molecule has 150 valence electrons. The maximum absolute atomic E-state index is 11.5. The summed E-state index contributed by atoms with van der Waals surface area (Å²) in [6.45, 7) is 17.2. The van der Waals surface area contributed by atoms with E-state index in [0.717, 1.165) is 11.8 Å². The van der Waals surface area contributed by atoms with Gasteiger partial charge in [0.2, 0.25) is 0 Å². The maximum Gasteiger partial charge on any atom is 0.103 e. The molecule has 0 spiro atoms. The zero-order valence-electron chi connectivity index (χ0n) is 18.4. The lowest BCUT2D eigenvalue weighted by molar-refractivity contribution is 0.126. The van der Waals surface area contributed by atoms with Crippen molar-refractivity contribution in [1.29, 1.82) is 0 Å². The van der Waals surface area contributed by atoms with Crippen LogP contribution in [0.5, 0.6) is 0 Å². The van der Waals surface area contributed by atoms with Crippen LogP contribution in [-0.2, 0) is 0 Å². The normalized spacial score (nSPS) is 29.1. The molecule has 0 aromatic carbocycles. The summed E-state index contributed by atoms with van der Waals surface area (Å²) in [4.78, 5) is 0. The predicted molar refractivity (Wildman–Crippen MR) is 114 cm³/mol. The van der Waals surface area contributed by atoms with Crippen molar-refractivity contribution in [3.05, 3.63) is 12.2 Å². The maximum atomic E-state index is 11.5. The Morgan fingerprint density at radius 1 is 1.27 bits per heavy atom. The predicted octanol–water partition coefficient (Wildman–Crippen LogP) is 7.98. The lowest BCUT2D eigenvalue weighted by Gasteiger charge is -2.42. The Kier molecular flexibility index (Phi) is 9.43. The van der Waals surface area contributed by atoms with Crippen molar-refractivity contribution in [2.75, 3.05) is 6.67 Å². The van der Waals surface area contributed by atoms with E-state index in [-0.39, 0.29) is 12.6 Å². The van der Waals surface area contributed by atoms with Gasteiger partial charge in [0.1, 0.15) is 6.67 Å². The monoisotopic (exact) mass is 362 g/mol. The molecular weight excluding hydrogens is 319 g/mol. The molecule has 2 saturated carbocycles. The van der Waals surface area contributed by atoms with Gasteiger partial charge in [0.15, 0.2) is 0 Å². The first kappa shape index (κ1) is 23.3. The Balaban J connectivity index is 0.000000412. The van der Waals surface area contributed by atoms with Crippen LogP contribution >= 0.6 is 0 Å². The van der Waals surface area contributed by atoms with E-state index in [2.05, 4.69) is 46.1 Å². The topological polar surface area (TPSA) is 0 Å². The second kappa shape index (κ2) is 10.5. The highest BCUT2D eigenvalue weighted by atomic mass is 19.1. The Morgan fingerprint density at radius 2 is 1.96 bits per heavy atom. The van der Waals surface area contributed by atoms with Gasteiger partial charge in [0.05, 0.1) is 0 Å². The van der Waals surface area contributed by atoms with Gasteiger partial charge in [-0.2, -0.15) is 0 Å². The zero-order chi connectivity index (χ0) is 19.8. The van der Waals surface area contributed by atoms with Gasteiger partial charge >= 0.3 is 0 Å².